The van der Waals surface area contributed by atoms with Crippen LogP contribution in [0.5, 0.6) is 0 Å². The zero-order chi connectivity index (χ0) is 68.4. The van der Waals surface area contributed by atoms with Crippen LogP contribution in [0.3, 0.4) is 0 Å². The number of furan rings is 4. The van der Waals surface area contributed by atoms with Crippen LogP contribution in [0.4, 0.5) is 0 Å². The lowest BCUT2D eigenvalue weighted by Gasteiger charge is -2.19. The Labute approximate surface area is 590 Å². The lowest BCUT2D eigenvalue weighted by Crippen LogP contribution is -2.01. The third kappa shape index (κ3) is 6.01. The van der Waals surface area contributed by atoms with Crippen molar-refractivity contribution in [1.82, 2.24) is 17.6 Å². The van der Waals surface area contributed by atoms with Crippen LogP contribution in [-0.4, -0.2) is 17.6 Å². The van der Waals surface area contributed by atoms with E-state index in [1.54, 1.807) is 0 Å². The first-order valence-electron chi connectivity index (χ1n) is 37.1. The monoisotopic (exact) mass is 1330 g/mol. The lowest BCUT2D eigenvalue weighted by molar-refractivity contribution is 0.669. The van der Waals surface area contributed by atoms with E-state index >= 15 is 0 Å². The molecule has 0 aliphatic heterocycles. The van der Waals surface area contributed by atoms with Gasteiger partial charge in [-0.3, -0.25) is 0 Å². The van der Waals surface area contributed by atoms with E-state index in [2.05, 4.69) is 279 Å². The molecule has 0 unspecified atom stereocenters. The first-order chi connectivity index (χ1) is 51.0. The molecule has 8 heteroatoms. The number of rotatable bonds is 5. The highest BCUT2D eigenvalue weighted by Crippen LogP contribution is 2.60. The number of benzene rings is 14. The van der Waals surface area contributed by atoms with Crippen molar-refractivity contribution in [3.63, 3.8) is 0 Å². The predicted molar refractivity (Wildman–Crippen MR) is 436 cm³/mol. The fourth-order valence-corrected chi connectivity index (χ4v) is 21.5. The fourth-order valence-electron chi connectivity index (χ4n) is 21.5. The van der Waals surface area contributed by atoms with Crippen LogP contribution >= 0.6 is 0 Å². The molecule has 0 saturated heterocycles. The van der Waals surface area contributed by atoms with Gasteiger partial charge in [0.1, 0.15) is 44.7 Å². The highest BCUT2D eigenvalue weighted by molar-refractivity contribution is 6.44. The van der Waals surface area contributed by atoms with Gasteiger partial charge in [-0.05, 0) is 130 Å². The topological polar surface area (TPSA) is 70.2 Å². The van der Waals surface area contributed by atoms with E-state index in [1.165, 1.54) is 175 Å². The van der Waals surface area contributed by atoms with Crippen LogP contribution in [0.15, 0.2) is 224 Å². The van der Waals surface area contributed by atoms with Gasteiger partial charge in [0, 0.05) is 118 Å². The second kappa shape index (κ2) is 18.2. The van der Waals surface area contributed by atoms with E-state index < -0.39 is 0 Å². The van der Waals surface area contributed by atoms with Gasteiger partial charge >= 0.3 is 0 Å². The van der Waals surface area contributed by atoms with Gasteiger partial charge in [0.25, 0.3) is 0 Å². The van der Waals surface area contributed by atoms with E-state index in [0.29, 0.717) is 0 Å². The van der Waals surface area contributed by atoms with E-state index in [0.717, 1.165) is 99.0 Å². The summed E-state index contributed by atoms with van der Waals surface area (Å²) >= 11 is 0. The molecule has 26 rings (SSSR count). The summed E-state index contributed by atoms with van der Waals surface area (Å²) in [4.78, 5) is 0. The minimum absolute atomic E-state index is 0.0934. The molecule has 26 aromatic rings. The summed E-state index contributed by atoms with van der Waals surface area (Å²) in [6, 6.07) is 76.7. The molecule has 0 fully saturated rings. The molecule has 0 radical (unpaired) electrons. The average molecular weight is 1340 g/mol. The summed E-state index contributed by atoms with van der Waals surface area (Å²) < 4.78 is 39.9. The number of aromatic nitrogens is 4. The van der Waals surface area contributed by atoms with Gasteiger partial charge in [0.2, 0.25) is 0 Å². The van der Waals surface area contributed by atoms with E-state index in [4.69, 9.17) is 17.7 Å². The molecule has 0 spiro atoms. The molecule has 12 heterocycles. The molecule has 0 aliphatic rings. The Balaban J connectivity index is 0.848. The summed E-state index contributed by atoms with van der Waals surface area (Å²) in [5.41, 5.74) is 29.6. The van der Waals surface area contributed by atoms with Gasteiger partial charge in [0.15, 0.2) is 0 Å². The van der Waals surface area contributed by atoms with Crippen molar-refractivity contribution in [3.8, 4) is 11.1 Å². The van der Waals surface area contributed by atoms with Crippen molar-refractivity contribution in [3.05, 3.63) is 229 Å². The molecule has 0 amide bonds. The Kier molecular flexibility index (Phi) is 9.66. The normalized spacial score (nSPS) is 13.5. The number of hydrogen-bond donors (Lipinski definition) is 0. The van der Waals surface area contributed by atoms with E-state index in [9.17, 15) is 0 Å². The molecule has 490 valence electrons. The Hall–Kier alpha value is -12.5. The van der Waals surface area contributed by atoms with Crippen LogP contribution in [0.1, 0.15) is 101 Å². The summed E-state index contributed by atoms with van der Waals surface area (Å²) in [6.07, 6.45) is 0. The smallest absolute Gasteiger partial charge is 0.145 e. The van der Waals surface area contributed by atoms with Crippen molar-refractivity contribution >= 4 is 240 Å². The third-order valence-corrected chi connectivity index (χ3v) is 25.0. The molecule has 104 heavy (non-hydrogen) atoms. The van der Waals surface area contributed by atoms with E-state index in [1.807, 2.05) is 0 Å². The van der Waals surface area contributed by atoms with Gasteiger partial charge in [-0.25, -0.2) is 0 Å². The molecule has 0 saturated carbocycles. The number of hydrogen-bond acceptors (Lipinski definition) is 4. The van der Waals surface area contributed by atoms with Crippen molar-refractivity contribution in [2.45, 2.75) is 79.1 Å². The number of para-hydroxylation sites is 6. The van der Waals surface area contributed by atoms with Crippen molar-refractivity contribution in [2.24, 2.45) is 0 Å². The molecule has 14 aromatic carbocycles. The number of nitrogens with zero attached hydrogens (tertiary/aromatic N) is 4. The van der Waals surface area contributed by atoms with Crippen molar-refractivity contribution < 1.29 is 17.7 Å². The summed E-state index contributed by atoms with van der Waals surface area (Å²) in [6.45, 7) is 19.3. The van der Waals surface area contributed by atoms with Crippen molar-refractivity contribution in [1.29, 1.82) is 0 Å². The molecule has 8 nitrogen and oxygen atoms in total. The molecular formula is C96H62N4O4. The highest BCUT2D eigenvalue weighted by Gasteiger charge is 2.38. The van der Waals surface area contributed by atoms with Crippen molar-refractivity contribution in [2.75, 3.05) is 0 Å². The molecule has 0 aliphatic carbocycles. The third-order valence-electron chi connectivity index (χ3n) is 25.0. The molecule has 0 atom stereocenters. The molecule has 0 bridgehead atoms. The van der Waals surface area contributed by atoms with Crippen LogP contribution in [0.2, 0.25) is 0 Å². The second-order valence-electron chi connectivity index (χ2n) is 31.4. The Morgan fingerprint density at radius 3 is 1.04 bits per heavy atom. The zero-order valence-electron chi connectivity index (χ0n) is 58.4. The SMILES string of the molecule is CC(C)c1c2c3c4oc5cccc(-c6cccc7c6c6cc8oc9ccccc9c8c8c9c(C(C)C)c%10c(c(C(C)C)c9n7c68)c6c7c(cc8c9ccccc9n%10c86)oc6ccccc67)c5c4cc4c5ccccc5n(c2c(C(C)C)c2c5c6oc7ccccc7c6cc6c7ccccc7n(c12)c65)c43. The van der Waals surface area contributed by atoms with Crippen LogP contribution < -0.4 is 0 Å². The van der Waals surface area contributed by atoms with Gasteiger partial charge in [-0.1, -0.05) is 189 Å². The first kappa shape index (κ1) is 55.2. The standard InChI is InChI=1S/C96H62N4O4/c1-43(2)71-80-84-78-54-28-14-20-37-67(54)102-70(78)42-59-75-51(29-21-34-64(75)100(90(59)84)92(80)72(44(3)4)79-83-77-53-27-13-19-36-66(53)101-69(77)41-57-49-25-11-17-33-63(49)97(87(57)83)91(71)79)52-30-22-38-68-76(52)60-40-56-48-24-10-16-32-62(48)99-89(56)86(96(60)104-68)82-74(46(7)8)93-81(73(45(5)6)94(82)99)85-88-55(47-23-9-15-31-61(47)98(88)93)39-58-50-26-12-18-35-65(50)103-95(58)85/h9-46H,1-8H3. The predicted octanol–water partition coefficient (Wildman–Crippen LogP) is 28.0. The Bertz CT molecular complexity index is 8490. The highest BCUT2D eigenvalue weighted by atomic mass is 16.3. The van der Waals surface area contributed by atoms with Gasteiger partial charge in [0.05, 0.1) is 77.0 Å². The maximum atomic E-state index is 7.80. The lowest BCUT2D eigenvalue weighted by atomic mass is 9.85. The van der Waals surface area contributed by atoms with Gasteiger partial charge in [-0.2, -0.15) is 0 Å². The number of fused-ring (bicyclic) bond motifs is 40. The zero-order valence-corrected chi connectivity index (χ0v) is 58.4. The first-order valence-corrected chi connectivity index (χ1v) is 37.1. The van der Waals surface area contributed by atoms with Crippen LogP contribution in [0, 0.1) is 0 Å². The fraction of sp³-hybridized carbons (Fsp3) is 0.125. The average Bonchev–Trinajstić information content (AvgIpc) is 1.47. The quantitative estimate of drug-likeness (QED) is 0.172. The van der Waals surface area contributed by atoms with E-state index in [-0.39, 0.29) is 23.7 Å². The summed E-state index contributed by atoms with van der Waals surface area (Å²) in [7, 11) is 0. The minimum Gasteiger partial charge on any atom is -0.456 e. The molecule has 12 aromatic heterocycles. The maximum Gasteiger partial charge on any atom is 0.145 e. The molecular weight excluding hydrogens is 1270 g/mol. The Morgan fingerprint density at radius 2 is 0.538 bits per heavy atom. The largest absolute Gasteiger partial charge is 0.456 e. The van der Waals surface area contributed by atoms with Crippen LogP contribution in [0.25, 0.3) is 251 Å². The van der Waals surface area contributed by atoms with Gasteiger partial charge < -0.3 is 35.3 Å². The van der Waals surface area contributed by atoms with Crippen LogP contribution in [-0.2, 0) is 0 Å². The second-order valence-corrected chi connectivity index (χ2v) is 31.4. The summed E-state index contributed by atoms with van der Waals surface area (Å²) in [5, 5.41) is 28.9. The molecule has 0 N–H and O–H groups in total. The minimum atomic E-state index is 0.0934. The van der Waals surface area contributed by atoms with Gasteiger partial charge in [-0.15, -0.1) is 0 Å². The maximum absolute atomic E-state index is 7.80. The summed E-state index contributed by atoms with van der Waals surface area (Å²) in [5.74, 6) is 0.411. The Morgan fingerprint density at radius 1 is 0.202 bits per heavy atom.